The number of aromatic amines is 1. The summed E-state index contributed by atoms with van der Waals surface area (Å²) in [5, 5.41) is 19.3. The first-order valence-corrected chi connectivity index (χ1v) is 14.3. The van der Waals surface area contributed by atoms with Crippen molar-refractivity contribution >= 4 is 34.2 Å². The molecular formula is C32H32F3N5O3. The van der Waals surface area contributed by atoms with Gasteiger partial charge in [0.1, 0.15) is 0 Å². The number of carboxylic acids is 1. The van der Waals surface area contributed by atoms with E-state index in [4.69, 9.17) is 9.90 Å². The lowest BCUT2D eigenvalue weighted by atomic mass is 9.90. The molecule has 3 aromatic carbocycles. The average Bonchev–Trinajstić information content (AvgIpc) is 3.52. The summed E-state index contributed by atoms with van der Waals surface area (Å²) in [6.07, 6.45) is -3.25. The molecule has 43 heavy (non-hydrogen) atoms. The number of alkyl halides is 3. The zero-order valence-electron chi connectivity index (χ0n) is 23.8. The zero-order valence-corrected chi connectivity index (χ0v) is 23.8. The molecule has 2 atom stereocenters. The van der Waals surface area contributed by atoms with E-state index in [2.05, 4.69) is 99.9 Å². The van der Waals surface area contributed by atoms with E-state index < -0.39 is 17.6 Å². The largest absolute Gasteiger partial charge is 0.490 e. The monoisotopic (exact) mass is 591 g/mol. The van der Waals surface area contributed by atoms with Gasteiger partial charge < -0.3 is 20.2 Å². The topological polar surface area (TPSA) is 102 Å². The number of likely N-dealkylation sites (N-methyl/N-ethyl adjacent to an activating group) is 1. The van der Waals surface area contributed by atoms with Gasteiger partial charge in [-0.1, -0.05) is 43.3 Å². The maximum atomic E-state index is 13.1. The second-order valence-corrected chi connectivity index (χ2v) is 11.4. The zero-order chi connectivity index (χ0) is 30.5. The highest BCUT2D eigenvalue weighted by atomic mass is 19.4. The van der Waals surface area contributed by atoms with Crippen molar-refractivity contribution in [1.82, 2.24) is 15.1 Å². The fourth-order valence-corrected chi connectivity index (χ4v) is 6.23. The number of nitrogens with one attached hydrogen (secondary N) is 2. The molecule has 224 valence electrons. The van der Waals surface area contributed by atoms with E-state index in [1.54, 1.807) is 0 Å². The van der Waals surface area contributed by atoms with Gasteiger partial charge in [0.15, 0.2) is 0 Å². The van der Waals surface area contributed by atoms with Gasteiger partial charge in [0, 0.05) is 54.4 Å². The van der Waals surface area contributed by atoms with Crippen molar-refractivity contribution in [2.45, 2.75) is 37.3 Å². The molecule has 0 radical (unpaired) electrons. The second-order valence-electron chi connectivity index (χ2n) is 11.4. The van der Waals surface area contributed by atoms with E-state index >= 15 is 0 Å². The van der Waals surface area contributed by atoms with Crippen LogP contribution in [-0.4, -0.2) is 71.5 Å². The van der Waals surface area contributed by atoms with Gasteiger partial charge >= 0.3 is 12.1 Å². The molecule has 2 fully saturated rings. The maximum Gasteiger partial charge on any atom is 0.490 e. The summed E-state index contributed by atoms with van der Waals surface area (Å²) < 4.78 is 31.7. The Morgan fingerprint density at radius 3 is 2.40 bits per heavy atom. The summed E-state index contributed by atoms with van der Waals surface area (Å²) in [6.45, 7) is 6.49. The first-order valence-electron chi connectivity index (χ1n) is 14.3. The standard InChI is InChI=1S/C30H31N5O.C2HF3O2/c1-3-19-4-11-26-24(16-19)30(29(36)31-26)18-25(30)21-7-10-23-27(17-21)32-33-28(23)20-5-8-22(9-6-20)35-14-12-34(2)13-15-35;3-2(4,5)1(6)7/h4-11,16-17,25H,3,12-15,18H2,1-2H3,(H,31,36)(H,32,33);(H,6,7)/t25-,30-;/m0./s1. The Bertz CT molecular complexity index is 1690. The molecule has 1 amide bonds. The minimum atomic E-state index is -5.08. The van der Waals surface area contributed by atoms with Crippen molar-refractivity contribution in [2.75, 3.05) is 43.4 Å². The average molecular weight is 592 g/mol. The summed E-state index contributed by atoms with van der Waals surface area (Å²) in [5.41, 5.74) is 8.59. The number of fused-ring (bicyclic) bond motifs is 3. The van der Waals surface area contributed by atoms with Crippen LogP contribution < -0.4 is 10.2 Å². The third-order valence-electron chi connectivity index (χ3n) is 8.83. The van der Waals surface area contributed by atoms with Crippen LogP contribution in [0, 0.1) is 0 Å². The Morgan fingerprint density at radius 2 is 1.74 bits per heavy atom. The Labute approximate surface area is 246 Å². The number of piperazine rings is 1. The summed E-state index contributed by atoms with van der Waals surface area (Å²) in [7, 11) is 2.18. The normalized spacial score (nSPS) is 21.4. The molecule has 1 aliphatic carbocycles. The van der Waals surface area contributed by atoms with Crippen molar-refractivity contribution in [3.63, 3.8) is 0 Å². The fraction of sp³-hybridized carbons (Fsp3) is 0.344. The molecule has 3 aliphatic rings. The van der Waals surface area contributed by atoms with E-state index in [-0.39, 0.29) is 11.8 Å². The second kappa shape index (κ2) is 10.7. The molecule has 1 saturated carbocycles. The number of benzene rings is 3. The molecule has 0 unspecified atom stereocenters. The molecule has 1 saturated heterocycles. The number of carboxylic acid groups (broad SMARTS) is 1. The van der Waals surface area contributed by atoms with E-state index in [1.807, 2.05) is 0 Å². The van der Waals surface area contributed by atoms with Gasteiger partial charge in [0.25, 0.3) is 0 Å². The van der Waals surface area contributed by atoms with Crippen molar-refractivity contribution < 1.29 is 27.9 Å². The van der Waals surface area contributed by atoms with Gasteiger partial charge in [-0.3, -0.25) is 9.89 Å². The molecule has 8 nitrogen and oxygen atoms in total. The van der Waals surface area contributed by atoms with Gasteiger partial charge in [0.2, 0.25) is 5.91 Å². The molecule has 1 spiro atoms. The molecule has 7 rings (SSSR count). The van der Waals surface area contributed by atoms with Crippen molar-refractivity contribution in [1.29, 1.82) is 0 Å². The van der Waals surface area contributed by atoms with Gasteiger partial charge in [0.05, 0.1) is 16.6 Å². The van der Waals surface area contributed by atoms with Crippen molar-refractivity contribution in [3.8, 4) is 11.3 Å². The summed E-state index contributed by atoms with van der Waals surface area (Å²) in [4.78, 5) is 26.8. The quantitative estimate of drug-likeness (QED) is 0.288. The van der Waals surface area contributed by atoms with E-state index in [0.29, 0.717) is 0 Å². The number of hydrogen-bond acceptors (Lipinski definition) is 5. The Kier molecular flexibility index (Phi) is 7.16. The van der Waals surface area contributed by atoms with Crippen LogP contribution in [0.3, 0.4) is 0 Å². The minimum Gasteiger partial charge on any atom is -0.475 e. The first-order chi connectivity index (χ1) is 20.5. The molecule has 4 aromatic rings. The highest BCUT2D eigenvalue weighted by Crippen LogP contribution is 2.65. The van der Waals surface area contributed by atoms with Crippen LogP contribution in [0.25, 0.3) is 22.2 Å². The molecule has 2 aliphatic heterocycles. The first kappa shape index (κ1) is 28.7. The predicted octanol–water partition coefficient (Wildman–Crippen LogP) is 5.55. The van der Waals surface area contributed by atoms with Crippen molar-refractivity contribution in [2.24, 2.45) is 0 Å². The molecule has 3 heterocycles. The lowest BCUT2D eigenvalue weighted by Gasteiger charge is -2.34. The molecule has 1 aromatic heterocycles. The number of carbonyl (C=O) groups is 2. The van der Waals surface area contributed by atoms with E-state index in [0.717, 1.165) is 66.9 Å². The number of aryl methyl sites for hydroxylation is 1. The van der Waals surface area contributed by atoms with Crippen LogP contribution in [0.5, 0.6) is 0 Å². The number of nitrogens with zero attached hydrogens (tertiary/aromatic N) is 3. The number of amides is 1. The molecular weight excluding hydrogens is 559 g/mol. The van der Waals surface area contributed by atoms with Gasteiger partial charge in [-0.2, -0.15) is 18.3 Å². The number of anilines is 2. The molecule has 0 bridgehead atoms. The van der Waals surface area contributed by atoms with E-state index in [1.165, 1.54) is 22.4 Å². The lowest BCUT2D eigenvalue weighted by Crippen LogP contribution is -2.44. The maximum absolute atomic E-state index is 13.1. The van der Waals surface area contributed by atoms with Crippen LogP contribution in [0.15, 0.2) is 60.7 Å². The highest BCUT2D eigenvalue weighted by molar-refractivity contribution is 6.10. The summed E-state index contributed by atoms with van der Waals surface area (Å²) in [6, 6.07) is 21.7. The number of halogens is 3. The number of aromatic nitrogens is 2. The lowest BCUT2D eigenvalue weighted by molar-refractivity contribution is -0.192. The van der Waals surface area contributed by atoms with E-state index in [9.17, 15) is 18.0 Å². The minimum absolute atomic E-state index is 0.140. The number of carbonyl (C=O) groups excluding carboxylic acids is 1. The Morgan fingerprint density at radius 1 is 1.05 bits per heavy atom. The molecule has 3 N–H and O–H groups in total. The number of aliphatic carboxylic acids is 1. The summed E-state index contributed by atoms with van der Waals surface area (Å²) in [5.74, 6) is -2.42. The number of rotatable bonds is 4. The number of hydrogen-bond donors (Lipinski definition) is 3. The third-order valence-corrected chi connectivity index (χ3v) is 8.83. The van der Waals surface area contributed by atoms with Crippen LogP contribution in [-0.2, 0) is 21.4 Å². The molecule has 11 heteroatoms. The van der Waals surface area contributed by atoms with Crippen molar-refractivity contribution in [3.05, 3.63) is 77.4 Å². The Balaban J connectivity index is 0.000000423. The Hall–Kier alpha value is -4.38. The van der Waals surface area contributed by atoms with Crippen LogP contribution in [0.4, 0.5) is 24.5 Å². The third kappa shape index (κ3) is 5.22. The fourth-order valence-electron chi connectivity index (χ4n) is 6.23. The van der Waals surface area contributed by atoms with Crippen LogP contribution in [0.1, 0.15) is 36.0 Å². The van der Waals surface area contributed by atoms with Crippen LogP contribution in [0.2, 0.25) is 0 Å². The highest BCUT2D eigenvalue weighted by Gasteiger charge is 2.65. The van der Waals surface area contributed by atoms with Gasteiger partial charge in [-0.15, -0.1) is 0 Å². The SMILES string of the molecule is CCc1ccc2c(c1)[C@]1(C[C@H]1c1ccc3c(-c4ccc(N5CCN(C)CC5)cc4)n[nH]c3c1)C(=O)N2.O=C(O)C(F)(F)F. The predicted molar refractivity (Wildman–Crippen MR) is 158 cm³/mol. The van der Waals surface area contributed by atoms with Crippen LogP contribution >= 0.6 is 0 Å². The van der Waals surface area contributed by atoms with Gasteiger partial charge in [-0.25, -0.2) is 4.79 Å². The smallest absolute Gasteiger partial charge is 0.475 e. The number of H-pyrrole nitrogens is 1. The van der Waals surface area contributed by atoms with Gasteiger partial charge in [-0.05, 0) is 60.8 Å². The summed E-state index contributed by atoms with van der Waals surface area (Å²) >= 11 is 0.